The smallest absolute Gasteiger partial charge is 0.416 e. The molecule has 1 N–H and O–H groups in total. The van der Waals surface area contributed by atoms with Gasteiger partial charge in [-0.1, -0.05) is 25.1 Å². The first kappa shape index (κ1) is 34.8. The van der Waals surface area contributed by atoms with Gasteiger partial charge in [0.05, 0.1) is 26.8 Å². The fourth-order valence-electron chi connectivity index (χ4n) is 4.37. The molecule has 3 rings (SSSR count). The summed E-state index contributed by atoms with van der Waals surface area (Å²) in [5, 5.41) is 2.67. The summed E-state index contributed by atoms with van der Waals surface area (Å²) < 4.78 is 37.6. The molecule has 10 nitrogen and oxygen atoms in total. The minimum Gasteiger partial charge on any atom is -0.497 e. The van der Waals surface area contributed by atoms with Crippen LogP contribution in [0.4, 0.5) is 19.8 Å². The van der Waals surface area contributed by atoms with E-state index in [0.717, 1.165) is 5.56 Å². The van der Waals surface area contributed by atoms with Crippen LogP contribution in [-0.2, 0) is 16.0 Å². The average Bonchev–Trinajstić information content (AvgIpc) is 2.97. The highest BCUT2D eigenvalue weighted by molar-refractivity contribution is 6.11. The minimum atomic E-state index is -0.832. The maximum absolute atomic E-state index is 16.1. The number of ketones is 1. The molecular formula is C34H42FN3O7. The van der Waals surface area contributed by atoms with Gasteiger partial charge in [0, 0.05) is 17.3 Å². The lowest BCUT2D eigenvalue weighted by molar-refractivity contribution is 0.0499. The molecule has 0 aliphatic heterocycles. The number of aromatic nitrogens is 1. The number of anilines is 1. The van der Waals surface area contributed by atoms with Crippen molar-refractivity contribution in [2.24, 2.45) is 0 Å². The predicted octanol–water partition coefficient (Wildman–Crippen LogP) is 7.39. The Bertz CT molecular complexity index is 1490. The van der Waals surface area contributed by atoms with Crippen LogP contribution in [0.3, 0.4) is 0 Å². The van der Waals surface area contributed by atoms with E-state index in [1.165, 1.54) is 42.5 Å². The van der Waals surface area contributed by atoms with Crippen LogP contribution in [0.15, 0.2) is 54.7 Å². The molecule has 0 bridgehead atoms. The number of benzene rings is 2. The van der Waals surface area contributed by atoms with Crippen molar-refractivity contribution >= 4 is 23.8 Å². The second-order valence-corrected chi connectivity index (χ2v) is 12.3. The SMILES string of the molecule is CC[C@@H](NC(=O)OC(C)(C)C)c1ccc(OC)c(C(=O)c2ccc(N(Cc3ccc(OC)cc3)C(=O)OC(C)(C)C)nc2)c1F. The number of amides is 2. The van der Waals surface area contributed by atoms with Crippen LogP contribution >= 0.6 is 0 Å². The highest BCUT2D eigenvalue weighted by atomic mass is 19.1. The van der Waals surface area contributed by atoms with Crippen LogP contribution in [0.1, 0.15) is 88.0 Å². The average molecular weight is 624 g/mol. The second-order valence-electron chi connectivity index (χ2n) is 12.3. The Morgan fingerprint density at radius 3 is 2.04 bits per heavy atom. The van der Waals surface area contributed by atoms with E-state index in [1.54, 1.807) is 67.7 Å². The maximum Gasteiger partial charge on any atom is 0.416 e. The molecule has 11 heteroatoms. The molecule has 0 saturated heterocycles. The summed E-state index contributed by atoms with van der Waals surface area (Å²) in [6.45, 7) is 12.4. The third-order valence-electron chi connectivity index (χ3n) is 6.46. The number of methoxy groups -OCH3 is 2. The van der Waals surface area contributed by atoms with Crippen molar-refractivity contribution in [2.75, 3.05) is 19.1 Å². The molecule has 1 atom stereocenters. The fraction of sp³-hybridized carbons (Fsp3) is 0.412. The quantitative estimate of drug-likeness (QED) is 0.233. The van der Waals surface area contributed by atoms with Crippen molar-refractivity contribution in [1.82, 2.24) is 10.3 Å². The minimum absolute atomic E-state index is 0.0207. The monoisotopic (exact) mass is 623 g/mol. The lowest BCUT2D eigenvalue weighted by Crippen LogP contribution is -2.37. The van der Waals surface area contributed by atoms with Gasteiger partial charge in [-0.3, -0.25) is 9.69 Å². The number of rotatable bonds is 10. The lowest BCUT2D eigenvalue weighted by atomic mass is 9.96. The van der Waals surface area contributed by atoms with Crippen LogP contribution in [-0.4, -0.2) is 48.4 Å². The van der Waals surface area contributed by atoms with Gasteiger partial charge in [0.15, 0.2) is 0 Å². The molecule has 45 heavy (non-hydrogen) atoms. The Hall–Kier alpha value is -4.67. The van der Waals surface area contributed by atoms with E-state index in [4.69, 9.17) is 18.9 Å². The molecule has 1 aromatic heterocycles. The van der Waals surface area contributed by atoms with E-state index < -0.39 is 41.0 Å². The Balaban J connectivity index is 1.95. The molecule has 2 amide bonds. The molecule has 0 radical (unpaired) electrons. The number of ether oxygens (including phenoxy) is 4. The van der Waals surface area contributed by atoms with Crippen LogP contribution in [0.2, 0.25) is 0 Å². The molecule has 242 valence electrons. The van der Waals surface area contributed by atoms with Crippen molar-refractivity contribution < 1.29 is 37.7 Å². The molecule has 0 fully saturated rings. The number of halogens is 1. The first-order valence-corrected chi connectivity index (χ1v) is 14.6. The highest BCUT2D eigenvalue weighted by Crippen LogP contribution is 2.32. The van der Waals surface area contributed by atoms with Gasteiger partial charge in [-0.05, 0) is 83.9 Å². The van der Waals surface area contributed by atoms with Crippen molar-refractivity contribution in [3.05, 3.63) is 82.8 Å². The zero-order valence-corrected chi connectivity index (χ0v) is 27.3. The summed E-state index contributed by atoms with van der Waals surface area (Å²) in [7, 11) is 2.90. The van der Waals surface area contributed by atoms with E-state index in [9.17, 15) is 14.4 Å². The van der Waals surface area contributed by atoms with Gasteiger partial charge in [0.25, 0.3) is 0 Å². The van der Waals surface area contributed by atoms with Gasteiger partial charge in [-0.2, -0.15) is 0 Å². The van der Waals surface area contributed by atoms with Crippen molar-refractivity contribution in [3.63, 3.8) is 0 Å². The molecule has 0 saturated carbocycles. The Labute approximate surface area is 263 Å². The fourth-order valence-corrected chi connectivity index (χ4v) is 4.37. The summed E-state index contributed by atoms with van der Waals surface area (Å²) in [6.07, 6.45) is 0.265. The normalized spacial score (nSPS) is 12.1. The number of carbonyl (C=O) groups excluding carboxylic acids is 3. The standard InChI is InChI=1S/C34H42FN3O7/c1-10-25(37-31(40)44-33(2,3)4)24-16-17-26(43-9)28(29(24)35)30(39)22-13-18-27(36-19-22)38(32(41)45-34(5,6)7)20-21-11-14-23(42-8)15-12-21/h11-19,25H,10,20H2,1-9H3,(H,37,40)/t25-/m1/s1. The molecule has 1 heterocycles. The number of hydrogen-bond donors (Lipinski definition) is 1. The van der Waals surface area contributed by atoms with Gasteiger partial charge in [0.1, 0.15) is 39.9 Å². The highest BCUT2D eigenvalue weighted by Gasteiger charge is 2.29. The second kappa shape index (κ2) is 14.4. The number of hydrogen-bond acceptors (Lipinski definition) is 8. The first-order chi connectivity index (χ1) is 21.1. The molecule has 0 unspecified atom stereocenters. The van der Waals surface area contributed by atoms with Crippen LogP contribution in [0.5, 0.6) is 11.5 Å². The predicted molar refractivity (Wildman–Crippen MR) is 168 cm³/mol. The number of nitrogens with zero attached hydrogens (tertiary/aromatic N) is 2. The van der Waals surface area contributed by atoms with Gasteiger partial charge >= 0.3 is 12.2 Å². The van der Waals surface area contributed by atoms with E-state index >= 15 is 4.39 Å². The van der Waals surface area contributed by atoms with E-state index in [-0.39, 0.29) is 34.8 Å². The van der Waals surface area contributed by atoms with Crippen molar-refractivity contribution in [3.8, 4) is 11.5 Å². The number of carbonyl (C=O) groups is 3. The Morgan fingerprint density at radius 2 is 1.53 bits per heavy atom. The van der Waals surface area contributed by atoms with Crippen LogP contribution in [0, 0.1) is 5.82 Å². The van der Waals surface area contributed by atoms with Crippen LogP contribution in [0.25, 0.3) is 0 Å². The zero-order chi connectivity index (χ0) is 33.5. The molecule has 0 aliphatic carbocycles. The molecule has 2 aromatic carbocycles. The Morgan fingerprint density at radius 1 is 0.889 bits per heavy atom. The van der Waals surface area contributed by atoms with Crippen molar-refractivity contribution in [2.45, 2.75) is 78.7 Å². The summed E-state index contributed by atoms with van der Waals surface area (Å²) in [5.74, 6) is -0.600. The molecule has 0 spiro atoms. The van der Waals surface area contributed by atoms with E-state index in [0.29, 0.717) is 12.2 Å². The summed E-state index contributed by atoms with van der Waals surface area (Å²) >= 11 is 0. The lowest BCUT2D eigenvalue weighted by Gasteiger charge is -2.27. The van der Waals surface area contributed by atoms with Gasteiger partial charge in [-0.15, -0.1) is 0 Å². The number of nitrogens with one attached hydrogen (secondary N) is 1. The third-order valence-corrected chi connectivity index (χ3v) is 6.46. The Kier molecular flexibility index (Phi) is 11.1. The zero-order valence-electron chi connectivity index (χ0n) is 27.3. The summed E-state index contributed by atoms with van der Waals surface area (Å²) in [6, 6.07) is 12.3. The number of alkyl carbamates (subject to hydrolysis) is 1. The molecule has 3 aromatic rings. The number of pyridine rings is 1. The largest absolute Gasteiger partial charge is 0.497 e. The first-order valence-electron chi connectivity index (χ1n) is 14.6. The summed E-state index contributed by atoms with van der Waals surface area (Å²) in [5.41, 5.74) is -0.857. The topological polar surface area (TPSA) is 116 Å². The van der Waals surface area contributed by atoms with Crippen molar-refractivity contribution in [1.29, 1.82) is 0 Å². The summed E-state index contributed by atoms with van der Waals surface area (Å²) in [4.78, 5) is 45.0. The molecule has 0 aliphatic rings. The van der Waals surface area contributed by atoms with Gasteiger partial charge in [0.2, 0.25) is 5.78 Å². The van der Waals surface area contributed by atoms with Gasteiger partial charge in [-0.25, -0.2) is 19.0 Å². The van der Waals surface area contributed by atoms with Crippen LogP contribution < -0.4 is 19.7 Å². The molecular weight excluding hydrogens is 581 g/mol. The third kappa shape index (κ3) is 9.41. The van der Waals surface area contributed by atoms with E-state index in [1.807, 2.05) is 12.1 Å². The van der Waals surface area contributed by atoms with E-state index in [2.05, 4.69) is 10.3 Å². The maximum atomic E-state index is 16.1. The van der Waals surface area contributed by atoms with Gasteiger partial charge < -0.3 is 24.3 Å².